The summed E-state index contributed by atoms with van der Waals surface area (Å²) in [5.74, 6) is 0.551. The van der Waals surface area contributed by atoms with Gasteiger partial charge in [-0.15, -0.1) is 0 Å². The number of nitrogens with one attached hydrogen (secondary N) is 2. The molecule has 2 aromatic carbocycles. The third-order valence-electron chi connectivity index (χ3n) is 5.17. The van der Waals surface area contributed by atoms with Gasteiger partial charge in [-0.25, -0.2) is 4.79 Å². The number of fused-ring (bicyclic) bond motifs is 1. The Morgan fingerprint density at radius 2 is 1.76 bits per heavy atom. The lowest BCUT2D eigenvalue weighted by Gasteiger charge is -2.12. The molecule has 0 aliphatic carbocycles. The Labute approximate surface area is 167 Å². The Morgan fingerprint density at radius 3 is 2.48 bits per heavy atom. The fraction of sp³-hybridized carbons (Fsp3) is 0.227. The van der Waals surface area contributed by atoms with E-state index in [-0.39, 0.29) is 0 Å². The Bertz CT molecular complexity index is 1300. The number of anilines is 1. The van der Waals surface area contributed by atoms with E-state index in [4.69, 9.17) is 0 Å². The van der Waals surface area contributed by atoms with Crippen LogP contribution in [0.3, 0.4) is 0 Å². The second kappa shape index (κ2) is 7.43. The van der Waals surface area contributed by atoms with Crippen molar-refractivity contribution in [3.63, 3.8) is 0 Å². The highest BCUT2D eigenvalue weighted by atomic mass is 16.2. The molecule has 0 radical (unpaired) electrons. The van der Waals surface area contributed by atoms with Gasteiger partial charge in [0.15, 0.2) is 11.2 Å². The summed E-state index contributed by atoms with van der Waals surface area (Å²) in [6, 6.07) is 16.2. The molecule has 0 amide bonds. The molecule has 0 atom stereocenters. The summed E-state index contributed by atoms with van der Waals surface area (Å²) in [6.45, 7) is 5.11. The van der Waals surface area contributed by atoms with E-state index in [0.29, 0.717) is 30.2 Å². The average molecular weight is 389 g/mol. The van der Waals surface area contributed by atoms with Crippen LogP contribution in [0.1, 0.15) is 22.3 Å². The Hall–Kier alpha value is -3.61. The molecule has 0 fully saturated rings. The summed E-state index contributed by atoms with van der Waals surface area (Å²) in [7, 11) is 1.61. The number of imidazole rings is 1. The number of aromatic amines is 1. The fourth-order valence-electron chi connectivity index (χ4n) is 3.37. The summed E-state index contributed by atoms with van der Waals surface area (Å²) in [6.07, 6.45) is 0. The topological polar surface area (TPSA) is 84.7 Å². The van der Waals surface area contributed by atoms with Gasteiger partial charge in [0.05, 0.1) is 6.54 Å². The zero-order valence-electron chi connectivity index (χ0n) is 16.7. The molecule has 29 heavy (non-hydrogen) atoms. The highest BCUT2D eigenvalue weighted by molar-refractivity contribution is 5.74. The van der Waals surface area contributed by atoms with E-state index >= 15 is 0 Å². The molecule has 2 heterocycles. The standard InChI is InChI=1S/C22H23N5O2/c1-14-8-10-16(11-9-14)12-23-21-24-19-18(20(28)25-22(29)26(19)3)27(21)13-17-7-5-4-6-15(17)2/h4-11H,12-13H2,1-3H3,(H,23,24)(H,25,28,29). The second-order valence-electron chi connectivity index (χ2n) is 7.28. The number of nitrogens with zero attached hydrogens (tertiary/aromatic N) is 3. The number of hydrogen-bond acceptors (Lipinski definition) is 4. The van der Waals surface area contributed by atoms with E-state index < -0.39 is 11.2 Å². The molecule has 0 saturated heterocycles. The maximum atomic E-state index is 12.6. The van der Waals surface area contributed by atoms with Gasteiger partial charge < -0.3 is 5.32 Å². The van der Waals surface area contributed by atoms with Crippen molar-refractivity contribution in [1.82, 2.24) is 19.1 Å². The predicted octanol–water partition coefficient (Wildman–Crippen LogP) is 2.70. The molecule has 7 nitrogen and oxygen atoms in total. The van der Waals surface area contributed by atoms with Crippen LogP contribution in [-0.4, -0.2) is 19.1 Å². The summed E-state index contributed by atoms with van der Waals surface area (Å²) in [5.41, 5.74) is 4.33. The predicted molar refractivity (Wildman–Crippen MR) is 114 cm³/mol. The first-order valence-corrected chi connectivity index (χ1v) is 9.47. The second-order valence-corrected chi connectivity index (χ2v) is 7.28. The molecule has 4 rings (SSSR count). The van der Waals surface area contributed by atoms with Gasteiger partial charge in [-0.2, -0.15) is 4.98 Å². The molecule has 0 aliphatic rings. The summed E-state index contributed by atoms with van der Waals surface area (Å²) in [4.78, 5) is 31.6. The molecule has 0 bridgehead atoms. The van der Waals surface area contributed by atoms with Gasteiger partial charge in [-0.1, -0.05) is 54.1 Å². The SMILES string of the molecule is Cc1ccc(CNc2nc3c(c(=O)[nH]c(=O)n3C)n2Cc2ccccc2C)cc1. The van der Waals surface area contributed by atoms with Crippen molar-refractivity contribution in [2.75, 3.05) is 5.32 Å². The van der Waals surface area contributed by atoms with Crippen LogP contribution in [-0.2, 0) is 20.1 Å². The molecule has 0 saturated carbocycles. The third-order valence-corrected chi connectivity index (χ3v) is 5.17. The highest BCUT2D eigenvalue weighted by Crippen LogP contribution is 2.20. The number of hydrogen-bond donors (Lipinski definition) is 2. The minimum absolute atomic E-state index is 0.360. The normalized spacial score (nSPS) is 11.1. The molecule has 148 valence electrons. The Morgan fingerprint density at radius 1 is 1.03 bits per heavy atom. The van der Waals surface area contributed by atoms with Crippen molar-refractivity contribution in [2.24, 2.45) is 7.05 Å². The number of rotatable bonds is 5. The lowest BCUT2D eigenvalue weighted by Crippen LogP contribution is -2.29. The van der Waals surface area contributed by atoms with Gasteiger partial charge in [0.1, 0.15) is 0 Å². The summed E-state index contributed by atoms with van der Waals surface area (Å²) >= 11 is 0. The van der Waals surface area contributed by atoms with Crippen molar-refractivity contribution in [3.8, 4) is 0 Å². The average Bonchev–Trinajstić information content (AvgIpc) is 3.06. The zero-order valence-corrected chi connectivity index (χ0v) is 16.7. The van der Waals surface area contributed by atoms with Crippen molar-refractivity contribution >= 4 is 17.1 Å². The molecule has 0 aliphatic heterocycles. The van der Waals surface area contributed by atoms with Gasteiger partial charge in [0.2, 0.25) is 5.95 Å². The smallest absolute Gasteiger partial charge is 0.329 e. The van der Waals surface area contributed by atoms with Crippen LogP contribution < -0.4 is 16.6 Å². The van der Waals surface area contributed by atoms with Gasteiger partial charge >= 0.3 is 5.69 Å². The molecule has 0 spiro atoms. The van der Waals surface area contributed by atoms with Crippen LogP contribution in [0.25, 0.3) is 11.2 Å². The number of aromatic nitrogens is 4. The van der Waals surface area contributed by atoms with E-state index in [0.717, 1.165) is 16.7 Å². The molecule has 2 aromatic heterocycles. The summed E-state index contributed by atoms with van der Waals surface area (Å²) in [5, 5.41) is 3.34. The first-order valence-electron chi connectivity index (χ1n) is 9.47. The van der Waals surface area contributed by atoms with Crippen molar-refractivity contribution < 1.29 is 0 Å². The van der Waals surface area contributed by atoms with Crippen molar-refractivity contribution in [3.05, 3.63) is 91.6 Å². The Balaban J connectivity index is 1.81. The van der Waals surface area contributed by atoms with E-state index in [1.807, 2.05) is 42.7 Å². The lowest BCUT2D eigenvalue weighted by molar-refractivity contribution is 0.802. The van der Waals surface area contributed by atoms with Gasteiger partial charge in [0.25, 0.3) is 5.56 Å². The summed E-state index contributed by atoms with van der Waals surface area (Å²) < 4.78 is 3.20. The van der Waals surface area contributed by atoms with Crippen LogP contribution >= 0.6 is 0 Å². The monoisotopic (exact) mass is 389 g/mol. The van der Waals surface area contributed by atoms with Crippen LogP contribution in [0.15, 0.2) is 58.1 Å². The van der Waals surface area contributed by atoms with E-state index in [2.05, 4.69) is 39.6 Å². The molecular weight excluding hydrogens is 366 g/mol. The molecular formula is C22H23N5O2. The van der Waals surface area contributed by atoms with E-state index in [9.17, 15) is 9.59 Å². The molecule has 7 heteroatoms. The minimum atomic E-state index is -0.479. The number of aryl methyl sites for hydroxylation is 3. The maximum Gasteiger partial charge on any atom is 0.329 e. The maximum absolute atomic E-state index is 12.6. The Kier molecular flexibility index (Phi) is 4.80. The number of benzene rings is 2. The highest BCUT2D eigenvalue weighted by Gasteiger charge is 2.18. The van der Waals surface area contributed by atoms with Crippen LogP contribution in [0.5, 0.6) is 0 Å². The molecule has 0 unspecified atom stereocenters. The first kappa shape index (κ1) is 18.7. The minimum Gasteiger partial charge on any atom is -0.351 e. The van der Waals surface area contributed by atoms with Crippen LogP contribution in [0, 0.1) is 13.8 Å². The van der Waals surface area contributed by atoms with E-state index in [1.54, 1.807) is 7.05 Å². The fourth-order valence-corrected chi connectivity index (χ4v) is 3.37. The molecule has 2 N–H and O–H groups in total. The first-order chi connectivity index (χ1) is 13.9. The molecule has 4 aromatic rings. The van der Waals surface area contributed by atoms with Gasteiger partial charge in [-0.3, -0.25) is 18.9 Å². The van der Waals surface area contributed by atoms with Crippen molar-refractivity contribution in [1.29, 1.82) is 0 Å². The van der Waals surface area contributed by atoms with E-state index in [1.165, 1.54) is 10.1 Å². The quantitative estimate of drug-likeness (QED) is 0.550. The third kappa shape index (κ3) is 3.59. The van der Waals surface area contributed by atoms with Gasteiger partial charge in [0, 0.05) is 13.6 Å². The van der Waals surface area contributed by atoms with Crippen LogP contribution in [0.2, 0.25) is 0 Å². The van der Waals surface area contributed by atoms with Crippen molar-refractivity contribution in [2.45, 2.75) is 26.9 Å². The lowest BCUT2D eigenvalue weighted by atomic mass is 10.1. The largest absolute Gasteiger partial charge is 0.351 e. The number of H-pyrrole nitrogens is 1. The van der Waals surface area contributed by atoms with Gasteiger partial charge in [-0.05, 0) is 30.5 Å². The van der Waals surface area contributed by atoms with Crippen LogP contribution in [0.4, 0.5) is 5.95 Å². The zero-order chi connectivity index (χ0) is 20.5.